The molecule has 19 heavy (non-hydrogen) atoms. The van der Waals surface area contributed by atoms with Gasteiger partial charge in [0, 0.05) is 49.7 Å². The number of hydrogen-bond donors (Lipinski definition) is 2. The van der Waals surface area contributed by atoms with Crippen LogP contribution in [0.5, 0.6) is 0 Å². The molecule has 0 aliphatic carbocycles. The molecule has 11 heteroatoms. The average molecular weight is 377 g/mol. The minimum absolute atomic E-state index is 0.211. The van der Waals surface area contributed by atoms with Crippen molar-refractivity contribution in [2.24, 2.45) is 0 Å². The lowest BCUT2D eigenvalue weighted by Crippen LogP contribution is -2.53. The Kier molecular flexibility index (Phi) is 11.5. The third-order valence-corrected chi connectivity index (χ3v) is 3.76. The lowest BCUT2D eigenvalue weighted by atomic mass is 10.6. The maximum atomic E-state index is 11.7. The van der Waals surface area contributed by atoms with Crippen LogP contribution in [0.15, 0.2) is 0 Å². The molecule has 0 unspecified atom stereocenters. The van der Waals surface area contributed by atoms with E-state index in [1.165, 1.54) is 10.0 Å². The summed E-state index contributed by atoms with van der Waals surface area (Å²) in [5, 5.41) is 2.81. The van der Waals surface area contributed by atoms with Crippen LogP contribution in [0.25, 0.3) is 0 Å². The van der Waals surface area contributed by atoms with E-state index in [1.54, 1.807) is 0 Å². The minimum atomic E-state index is -4.56. The molecule has 0 spiro atoms. The van der Waals surface area contributed by atoms with Crippen LogP contribution in [-0.4, -0.2) is 74.4 Å². The summed E-state index contributed by atoms with van der Waals surface area (Å²) in [5.41, 5.74) is 0. The maximum Gasteiger partial charge on any atom is 0.430 e. The molecule has 0 atom stereocenters. The first-order chi connectivity index (χ1) is 8.92. The van der Waals surface area contributed by atoms with E-state index in [4.69, 9.17) is 46.4 Å². The first-order valence-corrected chi connectivity index (χ1v) is 9.22. The molecule has 0 bridgehead atoms. The van der Waals surface area contributed by atoms with Crippen molar-refractivity contribution in [1.82, 2.24) is 14.9 Å². The van der Waals surface area contributed by atoms with Gasteiger partial charge in [-0.25, -0.2) is 14.6 Å². The van der Waals surface area contributed by atoms with Crippen LogP contribution in [0, 0.1) is 0 Å². The van der Waals surface area contributed by atoms with Crippen LogP contribution in [0.1, 0.15) is 0 Å². The molecule has 0 saturated carbocycles. The fourth-order valence-corrected chi connectivity index (χ4v) is 3.28. The van der Waals surface area contributed by atoms with Crippen molar-refractivity contribution >= 4 is 54.2 Å². The quantitative estimate of drug-likeness (QED) is 0.325. The molecule has 0 aliphatic heterocycles. The first kappa shape index (κ1) is 20.2. The number of nitrogens with zero attached hydrogens (tertiary/aromatic N) is 3. The number of halogens is 4. The van der Waals surface area contributed by atoms with Crippen LogP contribution in [0.4, 0.5) is 0 Å². The largest absolute Gasteiger partial charge is 0.430 e. The number of alkyl halides is 4. The van der Waals surface area contributed by atoms with Crippen LogP contribution >= 0.6 is 54.2 Å². The zero-order valence-electron chi connectivity index (χ0n) is 10.3. The molecule has 0 aromatic carbocycles. The summed E-state index contributed by atoms with van der Waals surface area (Å²) in [7, 11) is -4.56. The van der Waals surface area contributed by atoms with Crippen molar-refractivity contribution in [3.63, 3.8) is 0 Å². The highest BCUT2D eigenvalue weighted by Crippen LogP contribution is 2.42. The van der Waals surface area contributed by atoms with Gasteiger partial charge in [-0.05, 0) is 0 Å². The van der Waals surface area contributed by atoms with Crippen molar-refractivity contribution in [3.8, 4) is 0 Å². The molecule has 0 aromatic rings. The van der Waals surface area contributed by atoms with E-state index < -0.39 is 7.75 Å². The molecule has 0 rings (SSSR count). The van der Waals surface area contributed by atoms with Crippen LogP contribution in [0.2, 0.25) is 0 Å². The Labute approximate surface area is 133 Å². The normalized spacial score (nSPS) is 12.9. The number of hydrazine groups is 2. The van der Waals surface area contributed by atoms with Crippen LogP contribution in [0.3, 0.4) is 0 Å². The Balaban J connectivity index is 5.17. The Morgan fingerprint density at radius 3 is 1.16 bits per heavy atom. The van der Waals surface area contributed by atoms with E-state index in [0.717, 1.165) is 4.89 Å². The molecule has 2 N–H and O–H groups in total. The van der Waals surface area contributed by atoms with E-state index in [0.29, 0.717) is 0 Å². The smallest absolute Gasteiger partial charge is 0.311 e. The summed E-state index contributed by atoms with van der Waals surface area (Å²) in [6.07, 6.45) is 0. The standard InChI is InChI=1S/C8H18Cl4N3O3P/c9-1-5-13(6-2-10)15(19(16,17)18)14(7-3-11)8-4-12/h1-8H2,(H2,16,17,18). The van der Waals surface area contributed by atoms with Crippen molar-refractivity contribution in [2.75, 3.05) is 49.7 Å². The van der Waals surface area contributed by atoms with Crippen molar-refractivity contribution in [1.29, 1.82) is 0 Å². The van der Waals surface area contributed by atoms with Gasteiger partial charge in [-0.3, -0.25) is 0 Å². The van der Waals surface area contributed by atoms with Crippen molar-refractivity contribution in [3.05, 3.63) is 0 Å². The molecule has 0 amide bonds. The third-order valence-electron chi connectivity index (χ3n) is 2.11. The first-order valence-electron chi connectivity index (χ1n) is 5.52. The minimum Gasteiger partial charge on any atom is -0.311 e. The van der Waals surface area contributed by atoms with Gasteiger partial charge in [0.15, 0.2) is 0 Å². The maximum absolute atomic E-state index is 11.7. The SMILES string of the molecule is O=P(O)(O)N(N(CCCl)CCCl)N(CCCl)CCCl. The van der Waals surface area contributed by atoms with Crippen molar-refractivity contribution in [2.45, 2.75) is 0 Å². The molecule has 0 aliphatic rings. The zero-order chi connectivity index (χ0) is 14.9. The number of hydrogen-bond acceptors (Lipinski definition) is 3. The summed E-state index contributed by atoms with van der Waals surface area (Å²) in [5.74, 6) is 0.845. The monoisotopic (exact) mass is 375 g/mol. The zero-order valence-corrected chi connectivity index (χ0v) is 14.2. The predicted octanol–water partition coefficient (Wildman–Crippen LogP) is 1.77. The average Bonchev–Trinajstić information content (AvgIpc) is 2.28. The summed E-state index contributed by atoms with van der Waals surface area (Å²) >= 11 is 22.6. The molecule has 0 aromatic heterocycles. The molecule has 0 saturated heterocycles. The highest BCUT2D eigenvalue weighted by atomic mass is 35.5. The summed E-state index contributed by atoms with van der Waals surface area (Å²) < 4.78 is 11.7. The van der Waals surface area contributed by atoms with E-state index >= 15 is 0 Å². The van der Waals surface area contributed by atoms with E-state index in [-0.39, 0.29) is 49.7 Å². The highest BCUT2D eigenvalue weighted by Gasteiger charge is 2.35. The van der Waals surface area contributed by atoms with Crippen molar-refractivity contribution < 1.29 is 14.4 Å². The summed E-state index contributed by atoms with van der Waals surface area (Å²) in [4.78, 5) is 19.9. The van der Waals surface area contributed by atoms with E-state index in [9.17, 15) is 14.4 Å². The molecular formula is C8H18Cl4N3O3P. The molecular weight excluding hydrogens is 359 g/mol. The van der Waals surface area contributed by atoms with Gasteiger partial charge in [0.2, 0.25) is 0 Å². The lowest BCUT2D eigenvalue weighted by Gasteiger charge is -2.40. The lowest BCUT2D eigenvalue weighted by molar-refractivity contribution is -0.118. The number of rotatable bonds is 11. The Hall–Kier alpha value is 1.19. The van der Waals surface area contributed by atoms with Gasteiger partial charge in [-0.2, -0.15) is 0 Å². The van der Waals surface area contributed by atoms with Gasteiger partial charge in [-0.15, -0.1) is 46.4 Å². The third kappa shape index (κ3) is 7.67. The van der Waals surface area contributed by atoms with E-state index in [1.807, 2.05) is 0 Å². The molecule has 6 nitrogen and oxygen atoms in total. The fourth-order valence-electron chi connectivity index (χ4n) is 1.48. The van der Waals surface area contributed by atoms with Gasteiger partial charge in [0.25, 0.3) is 0 Å². The van der Waals surface area contributed by atoms with Gasteiger partial charge in [0.1, 0.15) is 0 Å². The van der Waals surface area contributed by atoms with Gasteiger partial charge >= 0.3 is 7.75 Å². The van der Waals surface area contributed by atoms with Gasteiger partial charge in [0.05, 0.1) is 0 Å². The predicted molar refractivity (Wildman–Crippen MR) is 79.9 cm³/mol. The topological polar surface area (TPSA) is 67.2 Å². The summed E-state index contributed by atoms with van der Waals surface area (Å²) in [6, 6.07) is 0. The molecule has 0 heterocycles. The molecule has 0 radical (unpaired) electrons. The van der Waals surface area contributed by atoms with Crippen LogP contribution in [-0.2, 0) is 4.57 Å². The Morgan fingerprint density at radius 1 is 0.737 bits per heavy atom. The Morgan fingerprint density at radius 2 is 1.00 bits per heavy atom. The Bertz CT molecular complexity index is 256. The summed E-state index contributed by atoms with van der Waals surface area (Å²) in [6.45, 7) is 1.00. The molecule has 0 fully saturated rings. The van der Waals surface area contributed by atoms with E-state index in [2.05, 4.69) is 0 Å². The second-order valence-corrected chi connectivity index (χ2v) is 6.34. The second-order valence-electron chi connectivity index (χ2n) is 3.44. The van der Waals surface area contributed by atoms with Gasteiger partial charge in [-0.1, -0.05) is 4.89 Å². The van der Waals surface area contributed by atoms with Crippen LogP contribution < -0.4 is 0 Å². The molecule has 116 valence electrons. The van der Waals surface area contributed by atoms with Gasteiger partial charge < -0.3 is 9.79 Å². The highest BCUT2D eigenvalue weighted by molar-refractivity contribution is 7.48. The second kappa shape index (κ2) is 10.9. The fraction of sp³-hybridized carbons (Fsp3) is 1.00.